The Morgan fingerprint density at radius 2 is 2.14 bits per heavy atom. The van der Waals surface area contributed by atoms with E-state index in [2.05, 4.69) is 24.8 Å². The van der Waals surface area contributed by atoms with Crippen LogP contribution in [0, 0.1) is 0 Å². The van der Waals surface area contributed by atoms with Crippen LogP contribution in [-0.2, 0) is 4.79 Å². The lowest BCUT2D eigenvalue weighted by molar-refractivity contribution is -0.135. The molecule has 1 unspecified atom stereocenters. The van der Waals surface area contributed by atoms with Gasteiger partial charge in [-0.15, -0.1) is 0 Å². The number of aromatic amines is 1. The van der Waals surface area contributed by atoms with Crippen LogP contribution < -0.4 is 4.90 Å². The number of pyridine rings is 1. The molecular formula is C16H21N5O. The summed E-state index contributed by atoms with van der Waals surface area (Å²) >= 11 is 0. The van der Waals surface area contributed by atoms with Crippen molar-refractivity contribution in [3.05, 3.63) is 18.6 Å². The number of nitrogens with zero attached hydrogens (tertiary/aromatic N) is 4. The van der Waals surface area contributed by atoms with Crippen LogP contribution in [0.4, 0.5) is 5.82 Å². The van der Waals surface area contributed by atoms with Gasteiger partial charge in [0, 0.05) is 38.3 Å². The lowest BCUT2D eigenvalue weighted by atomic mass is 10.00. The van der Waals surface area contributed by atoms with E-state index >= 15 is 0 Å². The van der Waals surface area contributed by atoms with Gasteiger partial charge in [0.05, 0.1) is 11.8 Å². The van der Waals surface area contributed by atoms with Gasteiger partial charge >= 0.3 is 0 Å². The number of hydrogen-bond donors (Lipinski definition) is 1. The van der Waals surface area contributed by atoms with Gasteiger partial charge in [-0.25, -0.2) is 9.97 Å². The molecule has 116 valence electrons. The first kappa shape index (κ1) is 13.5. The zero-order chi connectivity index (χ0) is 14.9. The average molecular weight is 299 g/mol. The van der Waals surface area contributed by atoms with E-state index in [0.29, 0.717) is 18.4 Å². The van der Waals surface area contributed by atoms with Crippen molar-refractivity contribution < 1.29 is 4.79 Å². The fraction of sp³-hybridized carbons (Fsp3) is 0.562. The number of hydrogen-bond acceptors (Lipinski definition) is 4. The van der Waals surface area contributed by atoms with Crippen molar-refractivity contribution in [3.63, 3.8) is 0 Å². The predicted octanol–water partition coefficient (Wildman–Crippen LogP) is 1.94. The van der Waals surface area contributed by atoms with Crippen LogP contribution in [0.2, 0.25) is 0 Å². The molecule has 6 heteroatoms. The van der Waals surface area contributed by atoms with Crippen molar-refractivity contribution in [2.75, 3.05) is 24.5 Å². The maximum Gasteiger partial charge on any atom is 0.222 e. The molecule has 0 saturated carbocycles. The van der Waals surface area contributed by atoms with Gasteiger partial charge in [-0.05, 0) is 31.7 Å². The van der Waals surface area contributed by atoms with E-state index in [1.807, 2.05) is 12.3 Å². The molecule has 2 aromatic rings. The van der Waals surface area contributed by atoms with Crippen LogP contribution in [0.1, 0.15) is 32.1 Å². The van der Waals surface area contributed by atoms with E-state index < -0.39 is 0 Å². The van der Waals surface area contributed by atoms with E-state index in [0.717, 1.165) is 62.2 Å². The van der Waals surface area contributed by atoms with Crippen molar-refractivity contribution in [2.24, 2.45) is 0 Å². The number of amides is 1. The van der Waals surface area contributed by atoms with Crippen molar-refractivity contribution >= 4 is 22.8 Å². The molecule has 6 nitrogen and oxygen atoms in total. The number of piperidine rings is 2. The summed E-state index contributed by atoms with van der Waals surface area (Å²) in [7, 11) is 0. The van der Waals surface area contributed by atoms with Crippen LogP contribution in [0.15, 0.2) is 18.6 Å². The molecule has 1 N–H and O–H groups in total. The molecule has 0 radical (unpaired) electrons. The molecule has 22 heavy (non-hydrogen) atoms. The number of carbonyl (C=O) groups excluding carboxylic acids is 1. The molecule has 2 aliphatic rings. The van der Waals surface area contributed by atoms with Crippen LogP contribution in [0.5, 0.6) is 0 Å². The first-order chi connectivity index (χ1) is 10.8. The third-order valence-electron chi connectivity index (χ3n) is 4.82. The highest BCUT2D eigenvalue weighted by Gasteiger charge is 2.31. The fourth-order valence-corrected chi connectivity index (χ4v) is 3.70. The van der Waals surface area contributed by atoms with Crippen molar-refractivity contribution in [3.8, 4) is 0 Å². The largest absolute Gasteiger partial charge is 0.353 e. The summed E-state index contributed by atoms with van der Waals surface area (Å²) in [6.45, 7) is 2.76. The summed E-state index contributed by atoms with van der Waals surface area (Å²) in [5.41, 5.74) is 1.94. The van der Waals surface area contributed by atoms with E-state index in [-0.39, 0.29) is 0 Å². The maximum atomic E-state index is 12.2. The fourth-order valence-electron chi connectivity index (χ4n) is 3.70. The van der Waals surface area contributed by atoms with Crippen LogP contribution >= 0.6 is 0 Å². The normalized spacial score (nSPS) is 23.3. The zero-order valence-corrected chi connectivity index (χ0v) is 12.7. The SMILES string of the molecule is O=C1CCCCN1C1CCCN(c2nccc3[nH]cnc23)C1. The molecule has 2 aliphatic heterocycles. The second-order valence-electron chi connectivity index (χ2n) is 6.22. The Hall–Kier alpha value is -2.11. The van der Waals surface area contributed by atoms with E-state index in [1.165, 1.54) is 0 Å². The second kappa shape index (κ2) is 5.59. The lowest BCUT2D eigenvalue weighted by Crippen LogP contribution is -2.52. The Balaban J connectivity index is 1.58. The van der Waals surface area contributed by atoms with E-state index in [4.69, 9.17) is 0 Å². The molecular weight excluding hydrogens is 278 g/mol. The van der Waals surface area contributed by atoms with Crippen molar-refractivity contribution in [2.45, 2.75) is 38.1 Å². The number of imidazole rings is 1. The molecule has 0 bridgehead atoms. The standard InChI is InChI=1S/C16H21N5O/c22-14-5-1-2-9-21(14)12-4-3-8-20(10-12)16-15-13(6-7-17-16)18-11-19-15/h6-7,11-12H,1-5,8-10H2,(H,18,19). The maximum absolute atomic E-state index is 12.2. The molecule has 2 fully saturated rings. The van der Waals surface area contributed by atoms with Crippen LogP contribution in [0.25, 0.3) is 11.0 Å². The van der Waals surface area contributed by atoms with Gasteiger partial charge in [-0.3, -0.25) is 4.79 Å². The minimum atomic E-state index is 0.317. The molecule has 0 aromatic carbocycles. The summed E-state index contributed by atoms with van der Waals surface area (Å²) < 4.78 is 0. The summed E-state index contributed by atoms with van der Waals surface area (Å²) in [5, 5.41) is 0. The van der Waals surface area contributed by atoms with Gasteiger partial charge < -0.3 is 14.8 Å². The number of anilines is 1. The first-order valence-electron chi connectivity index (χ1n) is 8.15. The van der Waals surface area contributed by atoms with Gasteiger partial charge in [0.1, 0.15) is 5.52 Å². The number of H-pyrrole nitrogens is 1. The molecule has 0 aliphatic carbocycles. The highest BCUT2D eigenvalue weighted by Crippen LogP contribution is 2.27. The second-order valence-corrected chi connectivity index (χ2v) is 6.22. The topological polar surface area (TPSA) is 65.1 Å². The molecule has 1 amide bonds. The zero-order valence-electron chi connectivity index (χ0n) is 12.7. The average Bonchev–Trinajstić information content (AvgIpc) is 3.04. The molecule has 4 heterocycles. The van der Waals surface area contributed by atoms with E-state index in [1.54, 1.807) is 6.33 Å². The molecule has 0 spiro atoms. The molecule has 4 rings (SSSR count). The summed E-state index contributed by atoms with van der Waals surface area (Å²) in [6.07, 6.45) is 8.62. The highest BCUT2D eigenvalue weighted by atomic mass is 16.2. The Kier molecular flexibility index (Phi) is 3.44. The Morgan fingerprint density at radius 3 is 3.05 bits per heavy atom. The number of nitrogens with one attached hydrogen (secondary N) is 1. The minimum absolute atomic E-state index is 0.317. The van der Waals surface area contributed by atoms with Gasteiger partial charge in [-0.1, -0.05) is 0 Å². The van der Waals surface area contributed by atoms with Crippen molar-refractivity contribution in [1.82, 2.24) is 19.9 Å². The smallest absolute Gasteiger partial charge is 0.222 e. The third kappa shape index (κ3) is 2.32. The van der Waals surface area contributed by atoms with Crippen LogP contribution in [0.3, 0.4) is 0 Å². The predicted molar refractivity (Wildman–Crippen MR) is 84.7 cm³/mol. The molecule has 2 saturated heterocycles. The number of rotatable bonds is 2. The number of likely N-dealkylation sites (tertiary alicyclic amines) is 1. The third-order valence-corrected chi connectivity index (χ3v) is 4.82. The van der Waals surface area contributed by atoms with Gasteiger partial charge in [0.25, 0.3) is 0 Å². The summed E-state index contributed by atoms with van der Waals surface area (Å²) in [6, 6.07) is 2.26. The Labute approximate surface area is 129 Å². The van der Waals surface area contributed by atoms with Gasteiger partial charge in [-0.2, -0.15) is 0 Å². The quantitative estimate of drug-likeness (QED) is 0.920. The Morgan fingerprint density at radius 1 is 1.18 bits per heavy atom. The molecule has 1 atom stereocenters. The first-order valence-corrected chi connectivity index (χ1v) is 8.15. The van der Waals surface area contributed by atoms with E-state index in [9.17, 15) is 4.79 Å². The van der Waals surface area contributed by atoms with Crippen molar-refractivity contribution in [1.29, 1.82) is 0 Å². The van der Waals surface area contributed by atoms with Gasteiger partial charge in [0.2, 0.25) is 5.91 Å². The summed E-state index contributed by atoms with van der Waals surface area (Å²) in [4.78, 5) is 28.7. The molecule has 2 aromatic heterocycles. The Bertz CT molecular complexity index is 682. The van der Waals surface area contributed by atoms with Gasteiger partial charge in [0.15, 0.2) is 5.82 Å². The number of carbonyl (C=O) groups is 1. The monoisotopic (exact) mass is 299 g/mol. The highest BCUT2D eigenvalue weighted by molar-refractivity contribution is 5.85. The lowest BCUT2D eigenvalue weighted by Gasteiger charge is -2.41. The number of fused-ring (bicyclic) bond motifs is 1. The number of aromatic nitrogens is 3. The van der Waals surface area contributed by atoms with Crippen LogP contribution in [-0.4, -0.2) is 51.4 Å². The summed E-state index contributed by atoms with van der Waals surface area (Å²) in [5.74, 6) is 1.26. The minimum Gasteiger partial charge on any atom is -0.353 e.